The van der Waals surface area contributed by atoms with Gasteiger partial charge in [-0.2, -0.15) is 0 Å². The smallest absolute Gasteiger partial charge is 0.251 e. The van der Waals surface area contributed by atoms with Crippen molar-refractivity contribution in [3.63, 3.8) is 0 Å². The van der Waals surface area contributed by atoms with Gasteiger partial charge >= 0.3 is 0 Å². The summed E-state index contributed by atoms with van der Waals surface area (Å²) in [6.45, 7) is 2.69. The summed E-state index contributed by atoms with van der Waals surface area (Å²) in [7, 11) is 0. The number of hydrogen-bond donors (Lipinski definition) is 2. The first kappa shape index (κ1) is 16.6. The van der Waals surface area contributed by atoms with Crippen molar-refractivity contribution in [3.05, 3.63) is 59.7 Å². The Morgan fingerprint density at radius 2 is 2.00 bits per heavy atom. The van der Waals surface area contributed by atoms with Crippen molar-refractivity contribution in [3.8, 4) is 0 Å². The van der Waals surface area contributed by atoms with E-state index in [9.17, 15) is 9.59 Å². The summed E-state index contributed by atoms with van der Waals surface area (Å²) in [6, 6.07) is 15.9. The van der Waals surface area contributed by atoms with Crippen molar-refractivity contribution in [2.24, 2.45) is 5.92 Å². The van der Waals surface area contributed by atoms with E-state index in [0.717, 1.165) is 30.8 Å². The van der Waals surface area contributed by atoms with Gasteiger partial charge in [-0.3, -0.25) is 9.59 Å². The van der Waals surface area contributed by atoms with E-state index in [4.69, 9.17) is 0 Å². The van der Waals surface area contributed by atoms with E-state index in [-0.39, 0.29) is 11.8 Å². The molecule has 1 fully saturated rings. The topological polar surface area (TPSA) is 61.4 Å². The van der Waals surface area contributed by atoms with Crippen LogP contribution in [0.4, 0.5) is 11.4 Å². The molecular formula is C21H23N3O2. The maximum atomic E-state index is 12.5. The number of aryl methyl sites for hydroxylation is 1. The average molecular weight is 349 g/mol. The van der Waals surface area contributed by atoms with Gasteiger partial charge in [-0.05, 0) is 54.7 Å². The Kier molecular flexibility index (Phi) is 4.61. The molecule has 134 valence electrons. The quantitative estimate of drug-likeness (QED) is 0.892. The van der Waals surface area contributed by atoms with Gasteiger partial charge in [-0.1, -0.05) is 18.2 Å². The van der Waals surface area contributed by atoms with Crippen molar-refractivity contribution in [2.45, 2.75) is 19.3 Å². The van der Waals surface area contributed by atoms with Crippen molar-refractivity contribution in [1.29, 1.82) is 0 Å². The molecule has 0 bridgehead atoms. The number of para-hydroxylation sites is 1. The molecule has 0 radical (unpaired) electrons. The van der Waals surface area contributed by atoms with Gasteiger partial charge in [-0.25, -0.2) is 0 Å². The molecule has 1 saturated heterocycles. The third-order valence-corrected chi connectivity index (χ3v) is 5.22. The second-order valence-electron chi connectivity index (χ2n) is 7.07. The summed E-state index contributed by atoms with van der Waals surface area (Å²) in [4.78, 5) is 26.3. The molecule has 26 heavy (non-hydrogen) atoms. The first-order chi connectivity index (χ1) is 12.7. The van der Waals surface area contributed by atoms with E-state index >= 15 is 0 Å². The lowest BCUT2D eigenvalue weighted by Gasteiger charge is -2.19. The van der Waals surface area contributed by atoms with Gasteiger partial charge in [0.1, 0.15) is 0 Å². The summed E-state index contributed by atoms with van der Waals surface area (Å²) < 4.78 is 0. The van der Waals surface area contributed by atoms with E-state index in [0.29, 0.717) is 30.9 Å². The number of nitrogens with zero attached hydrogens (tertiary/aromatic N) is 1. The van der Waals surface area contributed by atoms with Crippen LogP contribution in [0.1, 0.15) is 28.8 Å². The second-order valence-corrected chi connectivity index (χ2v) is 7.07. The summed E-state index contributed by atoms with van der Waals surface area (Å²) in [5, 5.41) is 5.92. The molecule has 0 saturated carbocycles. The standard InChI is InChI=1S/C21H23N3O2/c25-20-9-7-16-12-17(6-8-19(16)23-20)21(26)22-13-15-10-11-24(14-15)18-4-2-1-3-5-18/h1-6,8,12,15H,7,9-11,13-14H2,(H,22,26)(H,23,25)/t15-/m0/s1. The molecule has 0 spiro atoms. The summed E-state index contributed by atoms with van der Waals surface area (Å²) >= 11 is 0. The fourth-order valence-corrected chi connectivity index (χ4v) is 3.74. The van der Waals surface area contributed by atoms with Crippen LogP contribution in [-0.2, 0) is 11.2 Å². The summed E-state index contributed by atoms with van der Waals surface area (Å²) in [6.07, 6.45) is 2.26. The molecule has 0 aromatic heterocycles. The molecular weight excluding hydrogens is 326 g/mol. The number of nitrogens with one attached hydrogen (secondary N) is 2. The third kappa shape index (κ3) is 3.57. The fourth-order valence-electron chi connectivity index (χ4n) is 3.74. The zero-order chi connectivity index (χ0) is 17.9. The van der Waals surface area contributed by atoms with E-state index < -0.39 is 0 Å². The molecule has 2 aromatic carbocycles. The maximum absolute atomic E-state index is 12.5. The molecule has 2 heterocycles. The normalized spacial score (nSPS) is 19.0. The zero-order valence-corrected chi connectivity index (χ0v) is 14.7. The van der Waals surface area contributed by atoms with Gasteiger partial charge in [-0.15, -0.1) is 0 Å². The minimum absolute atomic E-state index is 0.0390. The van der Waals surface area contributed by atoms with Crippen molar-refractivity contribution < 1.29 is 9.59 Å². The molecule has 2 aliphatic heterocycles. The SMILES string of the molecule is O=C1CCc2cc(C(=O)NC[C@@H]3CCN(c4ccccc4)C3)ccc2N1. The minimum atomic E-state index is -0.0390. The highest BCUT2D eigenvalue weighted by atomic mass is 16.2. The Morgan fingerprint density at radius 3 is 2.85 bits per heavy atom. The van der Waals surface area contributed by atoms with Gasteiger partial charge < -0.3 is 15.5 Å². The molecule has 5 nitrogen and oxygen atoms in total. The number of carbonyl (C=O) groups excluding carboxylic acids is 2. The number of carbonyl (C=O) groups is 2. The van der Waals surface area contributed by atoms with Crippen molar-refractivity contribution in [2.75, 3.05) is 29.9 Å². The highest BCUT2D eigenvalue weighted by Crippen LogP contribution is 2.25. The van der Waals surface area contributed by atoms with Crippen LogP contribution >= 0.6 is 0 Å². The monoisotopic (exact) mass is 349 g/mol. The van der Waals surface area contributed by atoms with Crippen molar-refractivity contribution >= 4 is 23.2 Å². The van der Waals surface area contributed by atoms with Gasteiger partial charge in [0.05, 0.1) is 0 Å². The fraction of sp³-hybridized carbons (Fsp3) is 0.333. The first-order valence-electron chi connectivity index (χ1n) is 9.20. The van der Waals surface area contributed by atoms with Crippen LogP contribution in [0.5, 0.6) is 0 Å². The van der Waals surface area contributed by atoms with E-state index in [2.05, 4.69) is 39.8 Å². The lowest BCUT2D eigenvalue weighted by molar-refractivity contribution is -0.116. The second kappa shape index (κ2) is 7.20. The van der Waals surface area contributed by atoms with Crippen LogP contribution in [0.2, 0.25) is 0 Å². The largest absolute Gasteiger partial charge is 0.371 e. The van der Waals surface area contributed by atoms with Crippen LogP contribution in [0, 0.1) is 5.92 Å². The molecule has 0 aliphatic carbocycles. The number of fused-ring (bicyclic) bond motifs is 1. The Morgan fingerprint density at radius 1 is 1.15 bits per heavy atom. The lowest BCUT2D eigenvalue weighted by atomic mass is 10.00. The Labute approximate surface area is 153 Å². The number of hydrogen-bond acceptors (Lipinski definition) is 3. The van der Waals surface area contributed by atoms with E-state index in [1.807, 2.05) is 18.2 Å². The summed E-state index contributed by atoms with van der Waals surface area (Å²) in [5.74, 6) is 0.470. The number of amides is 2. The van der Waals surface area contributed by atoms with Gasteiger partial charge in [0.2, 0.25) is 5.91 Å². The molecule has 0 unspecified atom stereocenters. The Bertz CT molecular complexity index is 819. The van der Waals surface area contributed by atoms with E-state index in [1.54, 1.807) is 6.07 Å². The highest BCUT2D eigenvalue weighted by molar-refractivity contribution is 5.97. The lowest BCUT2D eigenvalue weighted by Crippen LogP contribution is -2.31. The van der Waals surface area contributed by atoms with E-state index in [1.165, 1.54) is 5.69 Å². The highest BCUT2D eigenvalue weighted by Gasteiger charge is 2.23. The van der Waals surface area contributed by atoms with Crippen LogP contribution in [0.15, 0.2) is 48.5 Å². The van der Waals surface area contributed by atoms with Crippen LogP contribution in [-0.4, -0.2) is 31.4 Å². The number of rotatable bonds is 4. The maximum Gasteiger partial charge on any atom is 0.251 e. The predicted octanol–water partition coefficient (Wildman–Crippen LogP) is 2.83. The zero-order valence-electron chi connectivity index (χ0n) is 14.7. The predicted molar refractivity (Wildman–Crippen MR) is 102 cm³/mol. The minimum Gasteiger partial charge on any atom is -0.371 e. The molecule has 4 rings (SSSR count). The van der Waals surface area contributed by atoms with Crippen molar-refractivity contribution in [1.82, 2.24) is 5.32 Å². The first-order valence-corrected chi connectivity index (χ1v) is 9.20. The summed E-state index contributed by atoms with van der Waals surface area (Å²) in [5.41, 5.74) is 3.77. The van der Waals surface area contributed by atoms with Gasteiger partial charge in [0.15, 0.2) is 0 Å². The van der Waals surface area contributed by atoms with Crippen LogP contribution < -0.4 is 15.5 Å². The molecule has 2 aromatic rings. The Balaban J connectivity index is 1.33. The molecule has 1 atom stereocenters. The molecule has 5 heteroatoms. The molecule has 2 aliphatic rings. The Hall–Kier alpha value is -2.82. The third-order valence-electron chi connectivity index (χ3n) is 5.22. The van der Waals surface area contributed by atoms with Crippen LogP contribution in [0.25, 0.3) is 0 Å². The van der Waals surface area contributed by atoms with Crippen LogP contribution in [0.3, 0.4) is 0 Å². The number of benzene rings is 2. The van der Waals surface area contributed by atoms with Gasteiger partial charge in [0.25, 0.3) is 5.91 Å². The molecule has 2 N–H and O–H groups in total. The average Bonchev–Trinajstić information content (AvgIpc) is 3.15. The number of anilines is 2. The molecule has 2 amide bonds. The van der Waals surface area contributed by atoms with Gasteiger partial charge in [0, 0.05) is 43.0 Å².